The van der Waals surface area contributed by atoms with Crippen LogP contribution in [0.25, 0.3) is 10.9 Å². The van der Waals surface area contributed by atoms with Gasteiger partial charge in [0.2, 0.25) is 5.91 Å². The third-order valence-electron chi connectivity index (χ3n) is 3.97. The van der Waals surface area contributed by atoms with E-state index in [1.54, 1.807) is 10.8 Å². The molecule has 0 aliphatic heterocycles. The highest BCUT2D eigenvalue weighted by Crippen LogP contribution is 2.24. The monoisotopic (exact) mass is 384 g/mol. The Labute approximate surface area is 148 Å². The van der Waals surface area contributed by atoms with Gasteiger partial charge in [-0.05, 0) is 43.7 Å². The van der Waals surface area contributed by atoms with E-state index in [2.05, 4.69) is 21.2 Å². The topological polar surface area (TPSA) is 51.1 Å². The predicted octanol–water partition coefficient (Wildman–Crippen LogP) is 4.47. The van der Waals surface area contributed by atoms with Crippen LogP contribution in [0.15, 0.2) is 47.1 Å². The summed E-state index contributed by atoms with van der Waals surface area (Å²) in [6.07, 6.45) is 2.53. The molecule has 4 nitrogen and oxygen atoms in total. The van der Waals surface area contributed by atoms with Gasteiger partial charge in [-0.1, -0.05) is 33.6 Å². The first kappa shape index (κ1) is 16.5. The molecular weight excluding hydrogens is 368 g/mol. The molecule has 0 saturated heterocycles. The first-order valence-corrected chi connectivity index (χ1v) is 8.38. The minimum absolute atomic E-state index is 0.126. The van der Waals surface area contributed by atoms with Crippen molar-refractivity contribution in [2.75, 3.05) is 5.32 Å². The number of aromatic nitrogens is 1. The number of amides is 1. The molecule has 5 heteroatoms. The Morgan fingerprint density at radius 1 is 1.21 bits per heavy atom. The van der Waals surface area contributed by atoms with Crippen LogP contribution >= 0.6 is 15.9 Å². The minimum Gasteiger partial charge on any atom is -0.337 e. The number of nitrogens with zero attached hydrogens (tertiary/aromatic N) is 1. The SMILES string of the molecule is Cc1ccc(NC(=O)Cn2cc(C=O)c3cc(Br)ccc32)c(C)c1. The average Bonchev–Trinajstić information content (AvgIpc) is 2.87. The molecule has 0 atom stereocenters. The number of carbonyl (C=O) groups excluding carboxylic acids is 2. The maximum absolute atomic E-state index is 12.4. The van der Waals surface area contributed by atoms with E-state index in [9.17, 15) is 9.59 Å². The number of hydrogen-bond donors (Lipinski definition) is 1. The summed E-state index contributed by atoms with van der Waals surface area (Å²) in [6, 6.07) is 11.6. The molecule has 0 fully saturated rings. The molecule has 2 aromatic carbocycles. The Morgan fingerprint density at radius 2 is 2.00 bits per heavy atom. The van der Waals surface area contributed by atoms with Gasteiger partial charge in [0.15, 0.2) is 6.29 Å². The lowest BCUT2D eigenvalue weighted by molar-refractivity contribution is -0.116. The van der Waals surface area contributed by atoms with Crippen molar-refractivity contribution in [1.82, 2.24) is 4.57 Å². The van der Waals surface area contributed by atoms with Crippen molar-refractivity contribution in [2.45, 2.75) is 20.4 Å². The van der Waals surface area contributed by atoms with Crippen LogP contribution < -0.4 is 5.32 Å². The molecule has 0 spiro atoms. The number of hydrogen-bond acceptors (Lipinski definition) is 2. The largest absolute Gasteiger partial charge is 0.337 e. The lowest BCUT2D eigenvalue weighted by Gasteiger charge is -2.10. The van der Waals surface area contributed by atoms with Crippen LogP contribution in [0.1, 0.15) is 21.5 Å². The third-order valence-corrected chi connectivity index (χ3v) is 4.46. The summed E-state index contributed by atoms with van der Waals surface area (Å²) < 4.78 is 2.69. The number of benzene rings is 2. The molecule has 24 heavy (non-hydrogen) atoms. The highest BCUT2D eigenvalue weighted by Gasteiger charge is 2.12. The van der Waals surface area contributed by atoms with Gasteiger partial charge >= 0.3 is 0 Å². The second kappa shape index (κ2) is 6.61. The van der Waals surface area contributed by atoms with Gasteiger partial charge in [0.1, 0.15) is 6.54 Å². The molecule has 0 saturated carbocycles. The Morgan fingerprint density at radius 3 is 2.71 bits per heavy atom. The fourth-order valence-corrected chi connectivity index (χ4v) is 3.18. The van der Waals surface area contributed by atoms with Crippen molar-refractivity contribution in [3.63, 3.8) is 0 Å². The molecule has 1 aromatic heterocycles. The first-order chi connectivity index (χ1) is 11.5. The van der Waals surface area contributed by atoms with E-state index in [1.165, 1.54) is 0 Å². The maximum atomic E-state index is 12.4. The second-order valence-electron chi connectivity index (χ2n) is 5.86. The van der Waals surface area contributed by atoms with E-state index in [0.717, 1.165) is 38.5 Å². The van der Waals surface area contributed by atoms with Crippen molar-refractivity contribution in [1.29, 1.82) is 0 Å². The number of nitrogens with one attached hydrogen (secondary N) is 1. The summed E-state index contributed by atoms with van der Waals surface area (Å²) in [6.45, 7) is 4.14. The van der Waals surface area contributed by atoms with Crippen molar-refractivity contribution >= 4 is 44.7 Å². The van der Waals surface area contributed by atoms with E-state index in [-0.39, 0.29) is 12.5 Å². The summed E-state index contributed by atoms with van der Waals surface area (Å²) >= 11 is 3.41. The molecule has 0 radical (unpaired) electrons. The normalized spacial score (nSPS) is 10.8. The van der Waals surface area contributed by atoms with Crippen LogP contribution in [0, 0.1) is 13.8 Å². The van der Waals surface area contributed by atoms with Crippen LogP contribution in [0.3, 0.4) is 0 Å². The molecule has 0 bridgehead atoms. The Kier molecular flexibility index (Phi) is 4.53. The summed E-state index contributed by atoms with van der Waals surface area (Å²) in [4.78, 5) is 23.7. The van der Waals surface area contributed by atoms with Crippen LogP contribution in [-0.2, 0) is 11.3 Å². The zero-order valence-corrected chi connectivity index (χ0v) is 15.1. The molecule has 1 N–H and O–H groups in total. The zero-order chi connectivity index (χ0) is 17.3. The van der Waals surface area contributed by atoms with Gasteiger partial charge in [0, 0.05) is 32.8 Å². The molecule has 0 aliphatic carbocycles. The van der Waals surface area contributed by atoms with Crippen LogP contribution in [-0.4, -0.2) is 16.8 Å². The van der Waals surface area contributed by atoms with Crippen LogP contribution in [0.2, 0.25) is 0 Å². The molecule has 0 aliphatic rings. The van der Waals surface area contributed by atoms with E-state index < -0.39 is 0 Å². The van der Waals surface area contributed by atoms with Gasteiger partial charge in [0.05, 0.1) is 0 Å². The quantitative estimate of drug-likeness (QED) is 0.674. The van der Waals surface area contributed by atoms with E-state index >= 15 is 0 Å². The molecule has 3 aromatic rings. The predicted molar refractivity (Wildman–Crippen MR) is 99.6 cm³/mol. The molecule has 3 rings (SSSR count). The van der Waals surface area contributed by atoms with E-state index in [0.29, 0.717) is 5.56 Å². The minimum atomic E-state index is -0.126. The number of halogens is 1. The van der Waals surface area contributed by atoms with Gasteiger partial charge in [-0.2, -0.15) is 0 Å². The van der Waals surface area contributed by atoms with Gasteiger partial charge in [-0.3, -0.25) is 9.59 Å². The van der Waals surface area contributed by atoms with Crippen LogP contribution in [0.5, 0.6) is 0 Å². The number of carbonyl (C=O) groups is 2. The van der Waals surface area contributed by atoms with Crippen molar-refractivity contribution < 1.29 is 9.59 Å². The molecule has 1 heterocycles. The fraction of sp³-hybridized carbons (Fsp3) is 0.158. The molecular formula is C19H17BrN2O2. The van der Waals surface area contributed by atoms with Crippen LogP contribution in [0.4, 0.5) is 5.69 Å². The van der Waals surface area contributed by atoms with Crippen molar-refractivity contribution in [3.05, 3.63) is 63.8 Å². The molecule has 0 unspecified atom stereocenters. The third kappa shape index (κ3) is 3.26. The van der Waals surface area contributed by atoms with E-state index in [1.807, 2.05) is 50.2 Å². The van der Waals surface area contributed by atoms with Gasteiger partial charge in [-0.25, -0.2) is 0 Å². The Balaban J connectivity index is 1.86. The molecule has 1 amide bonds. The maximum Gasteiger partial charge on any atom is 0.244 e. The summed E-state index contributed by atoms with van der Waals surface area (Å²) in [5.74, 6) is -0.126. The number of anilines is 1. The second-order valence-corrected chi connectivity index (χ2v) is 6.77. The lowest BCUT2D eigenvalue weighted by Crippen LogP contribution is -2.18. The fourth-order valence-electron chi connectivity index (χ4n) is 2.82. The highest BCUT2D eigenvalue weighted by molar-refractivity contribution is 9.10. The van der Waals surface area contributed by atoms with Crippen molar-refractivity contribution in [3.8, 4) is 0 Å². The standard InChI is InChI=1S/C19H17BrN2O2/c1-12-3-5-17(13(2)7-12)21-19(24)10-22-9-14(11-23)16-8-15(20)4-6-18(16)22/h3-9,11H,10H2,1-2H3,(H,21,24). The number of aryl methyl sites for hydroxylation is 2. The summed E-state index contributed by atoms with van der Waals surface area (Å²) in [5, 5.41) is 3.76. The highest BCUT2D eigenvalue weighted by atomic mass is 79.9. The van der Waals surface area contributed by atoms with Crippen molar-refractivity contribution in [2.24, 2.45) is 0 Å². The first-order valence-electron chi connectivity index (χ1n) is 7.58. The van der Waals surface area contributed by atoms with Gasteiger partial charge in [0.25, 0.3) is 0 Å². The Bertz CT molecular complexity index is 944. The summed E-state index contributed by atoms with van der Waals surface area (Å²) in [5.41, 5.74) is 4.42. The van der Waals surface area contributed by atoms with Gasteiger partial charge in [-0.15, -0.1) is 0 Å². The number of aldehydes is 1. The lowest BCUT2D eigenvalue weighted by atomic mass is 10.1. The summed E-state index contributed by atoms with van der Waals surface area (Å²) in [7, 11) is 0. The van der Waals surface area contributed by atoms with E-state index in [4.69, 9.17) is 0 Å². The smallest absolute Gasteiger partial charge is 0.244 e. The number of rotatable bonds is 4. The molecule has 122 valence electrons. The number of fused-ring (bicyclic) bond motifs is 1. The zero-order valence-electron chi connectivity index (χ0n) is 13.5. The van der Waals surface area contributed by atoms with Gasteiger partial charge < -0.3 is 9.88 Å². The Hall–Kier alpha value is -2.40. The average molecular weight is 385 g/mol.